The number of rotatable bonds is 4. The quantitative estimate of drug-likeness (QED) is 0.883. The summed E-state index contributed by atoms with van der Waals surface area (Å²) in [5.41, 5.74) is 1.04. The first-order valence-electron chi connectivity index (χ1n) is 7.09. The van der Waals surface area contributed by atoms with E-state index in [-0.39, 0.29) is 12.1 Å². The topological polar surface area (TPSA) is 23.5 Å². The van der Waals surface area contributed by atoms with Crippen molar-refractivity contribution in [1.82, 2.24) is 4.90 Å². The first kappa shape index (κ1) is 13.6. The fourth-order valence-electron chi connectivity index (χ4n) is 3.28. The molecule has 0 aliphatic heterocycles. The summed E-state index contributed by atoms with van der Waals surface area (Å²) >= 11 is 0. The summed E-state index contributed by atoms with van der Waals surface area (Å²) in [6.07, 6.45) is 6.13. The van der Waals surface area contributed by atoms with E-state index in [0.717, 1.165) is 5.56 Å². The van der Waals surface area contributed by atoms with Gasteiger partial charge in [0.15, 0.2) is 0 Å². The molecule has 0 aromatic heterocycles. The Morgan fingerprint density at radius 2 is 1.67 bits per heavy atom. The van der Waals surface area contributed by atoms with Gasteiger partial charge in [0.1, 0.15) is 0 Å². The molecule has 0 bridgehead atoms. The molecule has 18 heavy (non-hydrogen) atoms. The van der Waals surface area contributed by atoms with E-state index in [1.807, 2.05) is 30.3 Å². The molecule has 0 radical (unpaired) electrons. The first-order valence-corrected chi connectivity index (χ1v) is 7.09. The molecule has 2 heteroatoms. The number of nitrogens with zero attached hydrogens (tertiary/aromatic N) is 1. The Bertz CT molecular complexity index is 343. The van der Waals surface area contributed by atoms with Crippen LogP contribution in [0.15, 0.2) is 30.3 Å². The fourth-order valence-corrected chi connectivity index (χ4v) is 3.28. The fraction of sp³-hybridized carbons (Fsp3) is 0.625. The predicted molar refractivity (Wildman–Crippen MR) is 75.5 cm³/mol. The van der Waals surface area contributed by atoms with E-state index in [1.165, 1.54) is 32.1 Å². The maximum Gasteiger partial charge on any atom is 0.0947 e. The third-order valence-electron chi connectivity index (χ3n) is 4.19. The molecule has 0 saturated heterocycles. The minimum atomic E-state index is -0.371. The van der Waals surface area contributed by atoms with E-state index in [0.29, 0.717) is 5.92 Å². The Labute approximate surface area is 111 Å². The van der Waals surface area contributed by atoms with E-state index >= 15 is 0 Å². The average molecular weight is 247 g/mol. The Balaban J connectivity index is 2.14. The van der Waals surface area contributed by atoms with Gasteiger partial charge >= 0.3 is 0 Å². The van der Waals surface area contributed by atoms with Crippen molar-refractivity contribution in [3.63, 3.8) is 0 Å². The van der Waals surface area contributed by atoms with Crippen molar-refractivity contribution in [2.45, 2.75) is 44.2 Å². The summed E-state index contributed by atoms with van der Waals surface area (Å²) in [5.74, 6) is 0.629. The summed E-state index contributed by atoms with van der Waals surface area (Å²) in [6.45, 7) is 0. The van der Waals surface area contributed by atoms with Gasteiger partial charge in [0.2, 0.25) is 0 Å². The molecular formula is C16H25NO. The molecule has 2 nitrogen and oxygen atoms in total. The van der Waals surface area contributed by atoms with Crippen LogP contribution in [-0.4, -0.2) is 30.1 Å². The third-order valence-corrected chi connectivity index (χ3v) is 4.19. The van der Waals surface area contributed by atoms with Crippen molar-refractivity contribution in [2.75, 3.05) is 14.1 Å². The highest BCUT2D eigenvalue weighted by molar-refractivity contribution is 5.19. The number of likely N-dealkylation sites (N-methyl/N-ethyl adjacent to an activating group) is 1. The van der Waals surface area contributed by atoms with Crippen molar-refractivity contribution < 1.29 is 5.11 Å². The lowest BCUT2D eigenvalue weighted by atomic mass is 9.80. The summed E-state index contributed by atoms with van der Waals surface area (Å²) in [5, 5.41) is 10.7. The molecule has 0 heterocycles. The molecule has 100 valence electrons. The second-order valence-corrected chi connectivity index (χ2v) is 5.71. The first-order chi connectivity index (χ1) is 8.70. The highest BCUT2D eigenvalue weighted by Gasteiger charge is 2.31. The Hall–Kier alpha value is -0.860. The molecule has 0 spiro atoms. The van der Waals surface area contributed by atoms with Crippen LogP contribution in [0.4, 0.5) is 0 Å². The monoisotopic (exact) mass is 247 g/mol. The predicted octanol–water partition coefficient (Wildman–Crippen LogP) is 3.23. The van der Waals surface area contributed by atoms with Gasteiger partial charge in [0, 0.05) is 6.04 Å². The van der Waals surface area contributed by atoms with Crippen LogP contribution in [0.2, 0.25) is 0 Å². The second-order valence-electron chi connectivity index (χ2n) is 5.71. The Morgan fingerprint density at radius 3 is 2.22 bits per heavy atom. The molecule has 1 saturated carbocycles. The molecule has 1 aliphatic rings. The van der Waals surface area contributed by atoms with Crippen LogP contribution in [0.5, 0.6) is 0 Å². The van der Waals surface area contributed by atoms with E-state index in [4.69, 9.17) is 0 Å². The highest BCUT2D eigenvalue weighted by atomic mass is 16.3. The van der Waals surface area contributed by atoms with E-state index < -0.39 is 0 Å². The number of aliphatic hydroxyl groups excluding tert-OH is 1. The van der Waals surface area contributed by atoms with Crippen LogP contribution < -0.4 is 0 Å². The Morgan fingerprint density at radius 1 is 1.06 bits per heavy atom. The van der Waals surface area contributed by atoms with Crippen LogP contribution in [-0.2, 0) is 0 Å². The molecule has 2 rings (SSSR count). The van der Waals surface area contributed by atoms with E-state index in [1.54, 1.807) is 0 Å². The van der Waals surface area contributed by atoms with Gasteiger partial charge in [-0.2, -0.15) is 0 Å². The van der Waals surface area contributed by atoms with Crippen molar-refractivity contribution in [2.24, 2.45) is 5.92 Å². The third kappa shape index (κ3) is 3.12. The summed E-state index contributed by atoms with van der Waals surface area (Å²) in [7, 11) is 4.18. The smallest absolute Gasteiger partial charge is 0.0947 e. The van der Waals surface area contributed by atoms with Crippen molar-refractivity contribution in [3.8, 4) is 0 Å². The normalized spacial score (nSPS) is 20.9. The summed E-state index contributed by atoms with van der Waals surface area (Å²) in [4.78, 5) is 2.20. The largest absolute Gasteiger partial charge is 0.387 e. The average Bonchev–Trinajstić information content (AvgIpc) is 2.40. The van der Waals surface area contributed by atoms with Crippen molar-refractivity contribution in [3.05, 3.63) is 35.9 Å². The molecule has 0 amide bonds. The molecule has 1 aromatic carbocycles. The standard InChI is InChI=1S/C16H25NO/c1-17(2)15(13-9-5-3-6-10-13)16(18)14-11-7-4-8-12-14/h4,7-8,11-13,15-16,18H,3,5-6,9-10H2,1-2H3. The molecular weight excluding hydrogens is 222 g/mol. The van der Waals surface area contributed by atoms with Crippen LogP contribution in [0, 0.1) is 5.92 Å². The number of hydrogen-bond acceptors (Lipinski definition) is 2. The van der Waals surface area contributed by atoms with Gasteiger partial charge in [-0.3, -0.25) is 0 Å². The van der Waals surface area contributed by atoms with Gasteiger partial charge in [-0.05, 0) is 38.4 Å². The summed E-state index contributed by atoms with van der Waals surface area (Å²) in [6, 6.07) is 10.3. The minimum absolute atomic E-state index is 0.243. The lowest BCUT2D eigenvalue weighted by molar-refractivity contribution is 0.0285. The number of aliphatic hydroxyl groups is 1. The molecule has 2 unspecified atom stereocenters. The number of benzene rings is 1. The molecule has 1 aromatic rings. The number of hydrogen-bond donors (Lipinski definition) is 1. The molecule has 1 aliphatic carbocycles. The second kappa shape index (κ2) is 6.35. The van der Waals surface area contributed by atoms with E-state index in [2.05, 4.69) is 19.0 Å². The zero-order valence-electron chi connectivity index (χ0n) is 11.5. The van der Waals surface area contributed by atoms with Gasteiger partial charge in [0.25, 0.3) is 0 Å². The van der Waals surface area contributed by atoms with E-state index in [9.17, 15) is 5.11 Å². The zero-order chi connectivity index (χ0) is 13.0. The SMILES string of the molecule is CN(C)C(C1CCCCC1)C(O)c1ccccc1. The maximum absolute atomic E-state index is 10.7. The minimum Gasteiger partial charge on any atom is -0.387 e. The van der Waals surface area contributed by atoms with Crippen LogP contribution in [0.1, 0.15) is 43.8 Å². The molecule has 1 N–H and O–H groups in total. The zero-order valence-corrected chi connectivity index (χ0v) is 11.5. The Kier molecular flexibility index (Phi) is 4.79. The van der Waals surface area contributed by atoms with Gasteiger partial charge in [0.05, 0.1) is 6.10 Å². The van der Waals surface area contributed by atoms with Gasteiger partial charge in [-0.1, -0.05) is 49.6 Å². The summed E-state index contributed by atoms with van der Waals surface area (Å²) < 4.78 is 0. The maximum atomic E-state index is 10.7. The van der Waals surface area contributed by atoms with Crippen molar-refractivity contribution >= 4 is 0 Å². The highest BCUT2D eigenvalue weighted by Crippen LogP contribution is 2.34. The lowest BCUT2D eigenvalue weighted by Crippen LogP contribution is -2.41. The van der Waals surface area contributed by atoms with Crippen molar-refractivity contribution in [1.29, 1.82) is 0 Å². The molecule has 2 atom stereocenters. The van der Waals surface area contributed by atoms with Crippen LogP contribution in [0.25, 0.3) is 0 Å². The van der Waals surface area contributed by atoms with Crippen LogP contribution in [0.3, 0.4) is 0 Å². The van der Waals surface area contributed by atoms with Gasteiger partial charge in [-0.15, -0.1) is 0 Å². The van der Waals surface area contributed by atoms with Gasteiger partial charge in [-0.25, -0.2) is 0 Å². The van der Waals surface area contributed by atoms with Crippen LogP contribution >= 0.6 is 0 Å². The molecule has 1 fully saturated rings. The van der Waals surface area contributed by atoms with Gasteiger partial charge < -0.3 is 10.0 Å². The lowest BCUT2D eigenvalue weighted by Gasteiger charge is -2.38.